The first-order valence-electron chi connectivity index (χ1n) is 4.32. The smallest absolute Gasteiger partial charge is 0.0299 e. The second-order valence-corrected chi connectivity index (χ2v) is 6.13. The second kappa shape index (κ2) is 3.78. The van der Waals surface area contributed by atoms with Gasteiger partial charge in [0.25, 0.3) is 0 Å². The molecule has 0 heterocycles. The summed E-state index contributed by atoms with van der Waals surface area (Å²) >= 11 is 7.46. The van der Waals surface area contributed by atoms with Gasteiger partial charge in [0.05, 0.1) is 0 Å². The highest BCUT2D eigenvalue weighted by Gasteiger charge is 2.35. The molecule has 0 aliphatic heterocycles. The average Bonchev–Trinajstić information content (AvgIpc) is 1.97. The molecule has 66 valence electrons. The van der Waals surface area contributed by atoms with Crippen molar-refractivity contribution in [3.8, 4) is 0 Å². The lowest BCUT2D eigenvalue weighted by Gasteiger charge is -2.39. The van der Waals surface area contributed by atoms with Crippen molar-refractivity contribution >= 4 is 31.9 Å². The van der Waals surface area contributed by atoms with Crippen molar-refractivity contribution in [1.29, 1.82) is 0 Å². The molecule has 1 rings (SSSR count). The summed E-state index contributed by atoms with van der Waals surface area (Å²) in [7, 11) is 0. The summed E-state index contributed by atoms with van der Waals surface area (Å²) in [6.07, 6.45) is 1.31. The van der Waals surface area contributed by atoms with Crippen LogP contribution in [0.25, 0.3) is 0 Å². The van der Waals surface area contributed by atoms with Crippen LogP contribution in [-0.4, -0.2) is 9.65 Å². The van der Waals surface area contributed by atoms with Crippen LogP contribution in [0.2, 0.25) is 0 Å². The first kappa shape index (κ1) is 10.0. The van der Waals surface area contributed by atoms with Crippen LogP contribution in [0.5, 0.6) is 0 Å². The predicted molar refractivity (Wildman–Crippen MR) is 57.5 cm³/mol. The van der Waals surface area contributed by atoms with Gasteiger partial charge < -0.3 is 0 Å². The third-order valence-corrected chi connectivity index (χ3v) is 6.30. The van der Waals surface area contributed by atoms with Crippen LogP contribution >= 0.6 is 31.9 Å². The van der Waals surface area contributed by atoms with E-state index < -0.39 is 0 Å². The molecule has 5 atom stereocenters. The van der Waals surface area contributed by atoms with E-state index in [1.165, 1.54) is 6.42 Å². The Hall–Kier alpha value is 0.960. The normalized spacial score (nSPS) is 52.6. The van der Waals surface area contributed by atoms with Crippen LogP contribution in [0, 0.1) is 17.8 Å². The minimum Gasteiger partial charge on any atom is -0.0878 e. The molecule has 11 heavy (non-hydrogen) atoms. The van der Waals surface area contributed by atoms with E-state index in [-0.39, 0.29) is 0 Å². The van der Waals surface area contributed by atoms with Crippen molar-refractivity contribution in [2.24, 2.45) is 17.8 Å². The molecule has 2 heteroatoms. The Balaban J connectivity index is 2.63. The summed E-state index contributed by atoms with van der Waals surface area (Å²) in [5, 5.41) is 0. The molecule has 0 aromatic carbocycles. The fourth-order valence-corrected chi connectivity index (χ4v) is 3.61. The molecule has 0 saturated heterocycles. The maximum atomic E-state index is 3.74. The van der Waals surface area contributed by atoms with Crippen molar-refractivity contribution in [3.05, 3.63) is 0 Å². The molecule has 0 unspecified atom stereocenters. The van der Waals surface area contributed by atoms with Crippen molar-refractivity contribution in [3.63, 3.8) is 0 Å². The molecular formula is C9H16Br2. The van der Waals surface area contributed by atoms with Gasteiger partial charge in [0.2, 0.25) is 0 Å². The van der Waals surface area contributed by atoms with Crippen molar-refractivity contribution in [2.75, 3.05) is 0 Å². The molecule has 0 aromatic heterocycles. The number of halogens is 2. The van der Waals surface area contributed by atoms with Gasteiger partial charge >= 0.3 is 0 Å². The summed E-state index contributed by atoms with van der Waals surface area (Å²) in [5.41, 5.74) is 0. The minimum atomic E-state index is 0.661. The Bertz CT molecular complexity index is 122. The molecule has 0 spiro atoms. The van der Waals surface area contributed by atoms with Gasteiger partial charge in [-0.15, -0.1) is 0 Å². The zero-order valence-electron chi connectivity index (χ0n) is 7.35. The lowest BCUT2D eigenvalue weighted by atomic mass is 9.75. The second-order valence-electron chi connectivity index (χ2n) is 3.89. The lowest BCUT2D eigenvalue weighted by Crippen LogP contribution is -2.37. The van der Waals surface area contributed by atoms with Crippen LogP contribution in [0.1, 0.15) is 27.2 Å². The molecule has 1 saturated carbocycles. The zero-order valence-corrected chi connectivity index (χ0v) is 10.5. The number of rotatable bonds is 0. The predicted octanol–water partition coefficient (Wildman–Crippen LogP) is 3.83. The Morgan fingerprint density at radius 1 is 1.00 bits per heavy atom. The fraction of sp³-hybridized carbons (Fsp3) is 1.00. The Morgan fingerprint density at radius 2 is 1.55 bits per heavy atom. The molecule has 1 aliphatic rings. The highest BCUT2D eigenvalue weighted by Crippen LogP contribution is 2.41. The Kier molecular flexibility index (Phi) is 3.45. The largest absolute Gasteiger partial charge is 0.0878 e. The van der Waals surface area contributed by atoms with Crippen molar-refractivity contribution in [2.45, 2.75) is 36.8 Å². The topological polar surface area (TPSA) is 0 Å². The summed E-state index contributed by atoms with van der Waals surface area (Å²) in [5.74, 6) is 2.51. The lowest BCUT2D eigenvalue weighted by molar-refractivity contribution is 0.215. The Morgan fingerprint density at radius 3 is 2.09 bits per heavy atom. The van der Waals surface area contributed by atoms with Crippen LogP contribution in [0.4, 0.5) is 0 Å². The summed E-state index contributed by atoms with van der Waals surface area (Å²) in [6, 6.07) is 0. The maximum absolute atomic E-state index is 3.74. The van der Waals surface area contributed by atoms with Crippen molar-refractivity contribution < 1.29 is 0 Å². The highest BCUT2D eigenvalue weighted by molar-refractivity contribution is 9.12. The molecule has 1 fully saturated rings. The van der Waals surface area contributed by atoms with E-state index in [4.69, 9.17) is 0 Å². The average molecular weight is 284 g/mol. The van der Waals surface area contributed by atoms with Gasteiger partial charge in [-0.1, -0.05) is 52.6 Å². The van der Waals surface area contributed by atoms with E-state index in [2.05, 4.69) is 52.6 Å². The van der Waals surface area contributed by atoms with Gasteiger partial charge in [-0.05, 0) is 24.2 Å². The first-order valence-corrected chi connectivity index (χ1v) is 6.15. The highest BCUT2D eigenvalue weighted by atomic mass is 79.9. The fourth-order valence-electron chi connectivity index (χ4n) is 1.84. The monoisotopic (exact) mass is 282 g/mol. The van der Waals surface area contributed by atoms with Crippen LogP contribution < -0.4 is 0 Å². The van der Waals surface area contributed by atoms with Gasteiger partial charge in [-0.25, -0.2) is 0 Å². The SMILES string of the molecule is C[C@@H]1[C@H](C)[C@H](C)C[C@@H](Br)[C@@H]1Br. The van der Waals surface area contributed by atoms with E-state index in [0.717, 1.165) is 17.8 Å². The summed E-state index contributed by atoms with van der Waals surface area (Å²) in [4.78, 5) is 1.33. The molecule has 0 aromatic rings. The van der Waals surface area contributed by atoms with Gasteiger partial charge in [0.15, 0.2) is 0 Å². The maximum Gasteiger partial charge on any atom is 0.0299 e. The number of hydrogen-bond acceptors (Lipinski definition) is 0. The quantitative estimate of drug-likeness (QED) is 0.593. The van der Waals surface area contributed by atoms with E-state index in [9.17, 15) is 0 Å². The van der Waals surface area contributed by atoms with Crippen LogP contribution in [0.15, 0.2) is 0 Å². The molecule has 1 aliphatic carbocycles. The molecule has 0 bridgehead atoms. The van der Waals surface area contributed by atoms with Gasteiger partial charge in [0, 0.05) is 9.65 Å². The molecule has 0 nitrogen and oxygen atoms in total. The third kappa shape index (κ3) is 2.00. The van der Waals surface area contributed by atoms with Crippen LogP contribution in [0.3, 0.4) is 0 Å². The molecular weight excluding hydrogens is 268 g/mol. The molecule has 0 N–H and O–H groups in total. The number of alkyl halides is 2. The standard InChI is InChI=1S/C9H16Br2/c1-5-4-8(10)9(11)7(3)6(5)2/h5-9H,4H2,1-3H3/t5-,6-,7-,8-,9-/m1/s1. The van der Waals surface area contributed by atoms with Crippen LogP contribution in [-0.2, 0) is 0 Å². The zero-order chi connectivity index (χ0) is 8.59. The van der Waals surface area contributed by atoms with E-state index >= 15 is 0 Å². The van der Waals surface area contributed by atoms with Gasteiger partial charge in [-0.2, -0.15) is 0 Å². The Labute approximate surface area is 86.4 Å². The van der Waals surface area contributed by atoms with Crippen molar-refractivity contribution in [1.82, 2.24) is 0 Å². The van der Waals surface area contributed by atoms with E-state index in [0.29, 0.717) is 9.65 Å². The van der Waals surface area contributed by atoms with Gasteiger partial charge in [-0.3, -0.25) is 0 Å². The summed E-state index contributed by atoms with van der Waals surface area (Å²) < 4.78 is 0. The summed E-state index contributed by atoms with van der Waals surface area (Å²) in [6.45, 7) is 7.06. The van der Waals surface area contributed by atoms with Gasteiger partial charge in [0.1, 0.15) is 0 Å². The first-order chi connectivity index (χ1) is 5.04. The third-order valence-electron chi connectivity index (χ3n) is 3.17. The minimum absolute atomic E-state index is 0.661. The molecule has 0 amide bonds. The molecule has 0 radical (unpaired) electrons. The van der Waals surface area contributed by atoms with E-state index in [1.54, 1.807) is 0 Å². The number of hydrogen-bond donors (Lipinski definition) is 0. The van der Waals surface area contributed by atoms with E-state index in [1.807, 2.05) is 0 Å².